The third-order valence-electron chi connectivity index (χ3n) is 1.23. The van der Waals surface area contributed by atoms with Crippen LogP contribution in [-0.2, 0) is 36.5 Å². The van der Waals surface area contributed by atoms with E-state index in [9.17, 15) is 0 Å². The fraction of sp³-hybridized carbons (Fsp3) is 0.571. The monoisotopic (exact) mass is 325 g/mol. The topological polar surface area (TPSA) is 9.23 Å². The van der Waals surface area contributed by atoms with Gasteiger partial charge in [-0.1, -0.05) is 32.5 Å². The fourth-order valence-electron chi connectivity index (χ4n) is 0.656. The summed E-state index contributed by atoms with van der Waals surface area (Å²) in [5.74, 6) is 0. The molecule has 1 rings (SSSR count). The summed E-state index contributed by atoms with van der Waals surface area (Å²) in [6, 6.07) is 12.5. The van der Waals surface area contributed by atoms with Crippen LogP contribution in [0.5, 0.6) is 0 Å². The zero-order valence-corrected chi connectivity index (χ0v) is 16.1. The minimum absolute atomic E-state index is 0. The molecule has 0 saturated heterocycles. The van der Waals surface area contributed by atoms with Crippen LogP contribution in [0.4, 0.5) is 0 Å². The molecular weight excluding hydrogens is 300 g/mol. The first-order valence-electron chi connectivity index (χ1n) is 6.02. The molecule has 0 fully saturated rings. The van der Waals surface area contributed by atoms with Crippen LogP contribution >= 0.6 is 0 Å². The Kier molecular flexibility index (Phi) is 25.9. The molecule has 0 aliphatic carbocycles. The van der Waals surface area contributed by atoms with Crippen LogP contribution in [0.3, 0.4) is 0 Å². The van der Waals surface area contributed by atoms with Crippen LogP contribution in [0.25, 0.3) is 0 Å². The van der Waals surface area contributed by atoms with Crippen molar-refractivity contribution in [2.45, 2.75) is 52.4 Å². The standard InChI is InChI=1S/C6H5.C3H7O.C3H7.C2H6.Al.Y/c1-2-4-6-5-3-1;1-3(2)4;1-3-2;1-2;;/h1-5H;3H,1-2H3;3H,1-2H3;1-2H3;;/q2*-1;;;+1;. The predicted molar refractivity (Wildman–Crippen MR) is 73.7 cm³/mol. The number of hydrogen-bond acceptors (Lipinski definition) is 1. The van der Waals surface area contributed by atoms with E-state index >= 15 is 0 Å². The maximum absolute atomic E-state index is 5.39. The van der Waals surface area contributed by atoms with Gasteiger partial charge in [-0.25, -0.2) is 0 Å². The minimum Gasteiger partial charge on any atom is -0.505 e. The maximum atomic E-state index is 5.39. The summed E-state index contributed by atoms with van der Waals surface area (Å²) >= 11 is 0.234. The molecule has 3 heteroatoms. The molecule has 0 bridgehead atoms. The first-order valence-corrected chi connectivity index (χ1v) is 7.16. The first kappa shape index (κ1) is 23.0. The molecule has 94 valence electrons. The van der Waals surface area contributed by atoms with Gasteiger partial charge in [-0.2, -0.15) is 36.4 Å². The van der Waals surface area contributed by atoms with Crippen molar-refractivity contribution < 1.29 is 36.5 Å². The van der Waals surface area contributed by atoms with E-state index in [1.54, 1.807) is 0 Å². The molecule has 0 unspecified atom stereocenters. The Balaban J connectivity index is -0.000000195. The van der Waals surface area contributed by atoms with Crippen molar-refractivity contribution in [2.75, 3.05) is 0 Å². The molecule has 0 heterocycles. The SMILES string of the molecule is CC.CC(C)[O][Al][CH](C)C.[Y].[c-]1ccccc1. The molecule has 0 aromatic heterocycles. The molecule has 17 heavy (non-hydrogen) atoms. The number of benzene rings is 1. The van der Waals surface area contributed by atoms with Crippen LogP contribution in [0.15, 0.2) is 30.3 Å². The molecule has 1 nitrogen and oxygen atoms in total. The molecule has 0 amide bonds. The summed E-state index contributed by atoms with van der Waals surface area (Å²) < 4.78 is 6.13. The van der Waals surface area contributed by atoms with Gasteiger partial charge in [-0.05, 0) is 13.8 Å². The van der Waals surface area contributed by atoms with Crippen molar-refractivity contribution in [1.29, 1.82) is 0 Å². The molecular formula is C14H25AlOY-. The Labute approximate surface area is 140 Å². The van der Waals surface area contributed by atoms with Gasteiger partial charge in [0.25, 0.3) is 0 Å². The van der Waals surface area contributed by atoms with E-state index in [0.29, 0.717) is 6.10 Å². The van der Waals surface area contributed by atoms with Gasteiger partial charge in [0.05, 0.1) is 0 Å². The normalized spacial score (nSPS) is 8.24. The van der Waals surface area contributed by atoms with Crippen LogP contribution in [0, 0.1) is 6.07 Å². The van der Waals surface area contributed by atoms with Crippen molar-refractivity contribution in [3.63, 3.8) is 0 Å². The van der Waals surface area contributed by atoms with Crippen LogP contribution in [0.1, 0.15) is 41.5 Å². The largest absolute Gasteiger partial charge is 0.505 e. The average molecular weight is 325 g/mol. The van der Waals surface area contributed by atoms with Crippen LogP contribution in [0.2, 0.25) is 4.78 Å². The summed E-state index contributed by atoms with van der Waals surface area (Å²) in [5, 5.41) is 0. The van der Waals surface area contributed by atoms with Crippen molar-refractivity contribution in [3.8, 4) is 0 Å². The quantitative estimate of drug-likeness (QED) is 0.592. The van der Waals surface area contributed by atoms with E-state index in [-0.39, 0.29) is 48.3 Å². The zero-order chi connectivity index (χ0) is 12.8. The van der Waals surface area contributed by atoms with Gasteiger partial charge in [0, 0.05) is 38.8 Å². The second-order valence-corrected chi connectivity index (χ2v) is 5.52. The van der Waals surface area contributed by atoms with Gasteiger partial charge in [0.2, 0.25) is 0 Å². The molecule has 0 saturated carbocycles. The number of hydrogen-bond donors (Lipinski definition) is 0. The maximum Gasteiger partial charge on any atom is 0.426 e. The Morgan fingerprint density at radius 3 is 1.53 bits per heavy atom. The fourth-order valence-corrected chi connectivity index (χ4v) is 1.28. The molecule has 0 aliphatic heterocycles. The van der Waals surface area contributed by atoms with Crippen molar-refractivity contribution >= 4 is 15.6 Å². The van der Waals surface area contributed by atoms with Crippen molar-refractivity contribution in [2.24, 2.45) is 0 Å². The van der Waals surface area contributed by atoms with Gasteiger partial charge < -0.3 is 3.79 Å². The smallest absolute Gasteiger partial charge is 0.426 e. The molecule has 1 aromatic rings. The molecule has 0 aliphatic rings. The van der Waals surface area contributed by atoms with Crippen LogP contribution < -0.4 is 0 Å². The van der Waals surface area contributed by atoms with Gasteiger partial charge >= 0.3 is 15.6 Å². The molecule has 2 radical (unpaired) electrons. The molecule has 0 atom stereocenters. The Morgan fingerprint density at radius 2 is 1.41 bits per heavy atom. The average Bonchev–Trinajstić information content (AvgIpc) is 2.32. The third-order valence-corrected chi connectivity index (χ3v) is 2.48. The van der Waals surface area contributed by atoms with Gasteiger partial charge in [-0.15, -0.1) is 0 Å². The summed E-state index contributed by atoms with van der Waals surface area (Å²) in [6.45, 7) is 12.5. The third kappa shape index (κ3) is 26.4. The minimum atomic E-state index is 0. The van der Waals surface area contributed by atoms with E-state index in [1.807, 2.05) is 44.2 Å². The van der Waals surface area contributed by atoms with Gasteiger partial charge in [0.15, 0.2) is 0 Å². The van der Waals surface area contributed by atoms with E-state index in [2.05, 4.69) is 33.8 Å². The van der Waals surface area contributed by atoms with E-state index in [1.165, 1.54) is 0 Å². The summed E-state index contributed by atoms with van der Waals surface area (Å²) in [5.41, 5.74) is 0. The summed E-state index contributed by atoms with van der Waals surface area (Å²) in [4.78, 5) is 0. The summed E-state index contributed by atoms with van der Waals surface area (Å²) in [7, 11) is 0. The van der Waals surface area contributed by atoms with E-state index < -0.39 is 0 Å². The predicted octanol–water partition coefficient (Wildman–Crippen LogP) is 4.37. The zero-order valence-electron chi connectivity index (χ0n) is 12.1. The van der Waals surface area contributed by atoms with E-state index in [0.717, 1.165) is 4.78 Å². The van der Waals surface area contributed by atoms with Crippen molar-refractivity contribution in [3.05, 3.63) is 36.4 Å². The molecule has 0 N–H and O–H groups in total. The molecule has 0 spiro atoms. The Hall–Kier alpha value is 0.816. The Bertz CT molecular complexity index is 168. The molecule has 1 aromatic carbocycles. The van der Waals surface area contributed by atoms with E-state index in [4.69, 9.17) is 3.79 Å². The first-order chi connectivity index (χ1) is 7.63. The van der Waals surface area contributed by atoms with Gasteiger partial charge in [-0.3, -0.25) is 0 Å². The number of rotatable bonds is 3. The van der Waals surface area contributed by atoms with Gasteiger partial charge in [0.1, 0.15) is 0 Å². The van der Waals surface area contributed by atoms with Crippen LogP contribution in [-0.4, -0.2) is 21.7 Å². The summed E-state index contributed by atoms with van der Waals surface area (Å²) in [6.07, 6.45) is 0.424. The second kappa shape index (κ2) is 19.2. The van der Waals surface area contributed by atoms with Crippen molar-refractivity contribution in [1.82, 2.24) is 0 Å². The second-order valence-electron chi connectivity index (χ2n) is 3.64. The Morgan fingerprint density at radius 1 is 0.941 bits per heavy atom.